The summed E-state index contributed by atoms with van der Waals surface area (Å²) in [6.45, 7) is 6.17. The minimum atomic E-state index is -4.18. The Kier molecular flexibility index (Phi) is 7.59. The first kappa shape index (κ1) is 23.1. The fourth-order valence-electron chi connectivity index (χ4n) is 2.82. The Morgan fingerprint density at radius 1 is 0.968 bits per heavy atom. The number of rotatable bonds is 6. The number of nitrogens with zero attached hydrogens (tertiary/aromatic N) is 1. The van der Waals surface area contributed by atoms with Crippen LogP contribution in [0.25, 0.3) is 0 Å². The molecule has 1 heterocycles. The quantitative estimate of drug-likeness (QED) is 0.557. The van der Waals surface area contributed by atoms with Crippen molar-refractivity contribution in [2.45, 2.75) is 39.0 Å². The summed E-state index contributed by atoms with van der Waals surface area (Å²) in [7, 11) is -4.18. The van der Waals surface area contributed by atoms with E-state index in [2.05, 4.69) is 0 Å². The number of benzene rings is 2. The van der Waals surface area contributed by atoms with Gasteiger partial charge < -0.3 is 18.5 Å². The van der Waals surface area contributed by atoms with E-state index in [9.17, 15) is 9.36 Å². The summed E-state index contributed by atoms with van der Waals surface area (Å²) in [5.41, 5.74) is -0.695. The molecular weight excluding hydrogens is 421 g/mol. The normalized spacial score (nSPS) is 17.5. The molecule has 0 aliphatic carbocycles. The largest absolute Gasteiger partial charge is 0.589 e. The van der Waals surface area contributed by atoms with E-state index in [4.69, 9.17) is 23.0 Å². The number of hydrogen-bond donors (Lipinski definition) is 0. The van der Waals surface area contributed by atoms with Crippen LogP contribution >= 0.6 is 7.82 Å². The number of amides is 1. The van der Waals surface area contributed by atoms with Gasteiger partial charge in [0.15, 0.2) is 6.23 Å². The van der Waals surface area contributed by atoms with Crippen LogP contribution in [0, 0.1) is 0 Å². The lowest BCUT2D eigenvalue weighted by atomic mass is 10.2. The number of ether oxygens (including phenoxy) is 2. The van der Waals surface area contributed by atoms with Crippen LogP contribution in [0.1, 0.15) is 27.2 Å². The fraction of sp³-hybridized carbons (Fsp3) is 0.409. The zero-order valence-electron chi connectivity index (χ0n) is 17.9. The summed E-state index contributed by atoms with van der Waals surface area (Å²) in [4.78, 5) is 14.1. The van der Waals surface area contributed by atoms with Gasteiger partial charge in [-0.05, 0) is 45.0 Å². The maximum atomic E-state index is 13.7. The van der Waals surface area contributed by atoms with Crippen molar-refractivity contribution >= 4 is 13.9 Å². The molecule has 1 aliphatic rings. The minimum Gasteiger partial charge on any atom is -0.444 e. The van der Waals surface area contributed by atoms with E-state index in [1.165, 1.54) is 4.90 Å². The van der Waals surface area contributed by atoms with E-state index in [0.29, 0.717) is 24.7 Å². The molecule has 1 unspecified atom stereocenters. The molecule has 1 atom stereocenters. The van der Waals surface area contributed by atoms with E-state index in [0.717, 1.165) is 0 Å². The highest BCUT2D eigenvalue weighted by Gasteiger charge is 2.40. The number of hydrogen-bond acceptors (Lipinski definition) is 7. The molecule has 0 aromatic heterocycles. The predicted molar refractivity (Wildman–Crippen MR) is 115 cm³/mol. The molecule has 0 radical (unpaired) electrons. The Labute approximate surface area is 182 Å². The number of carbonyl (C=O) groups is 1. The van der Waals surface area contributed by atoms with Crippen LogP contribution in [0.2, 0.25) is 0 Å². The topological polar surface area (TPSA) is 83.5 Å². The van der Waals surface area contributed by atoms with E-state index in [1.54, 1.807) is 69.3 Å². The standard InChI is InChI=1S/C22H28NO7P/c1-22(2,3)27-21(24)23-15-17-26-16-14-20(23)30-31(25,28-18-10-6-4-7-11-18)29-19-12-8-5-9-13-19/h4-13,20H,14-17H2,1-3H3. The zero-order valence-corrected chi connectivity index (χ0v) is 18.8. The van der Waals surface area contributed by atoms with Gasteiger partial charge in [0.25, 0.3) is 0 Å². The highest BCUT2D eigenvalue weighted by Crippen LogP contribution is 2.51. The third kappa shape index (κ3) is 7.28. The van der Waals surface area contributed by atoms with Crippen molar-refractivity contribution in [3.05, 3.63) is 60.7 Å². The van der Waals surface area contributed by atoms with E-state index < -0.39 is 25.7 Å². The van der Waals surface area contributed by atoms with Crippen LogP contribution in [-0.2, 0) is 18.6 Å². The Morgan fingerprint density at radius 3 is 2.03 bits per heavy atom. The average Bonchev–Trinajstić information content (AvgIpc) is 2.93. The molecule has 2 aromatic rings. The first-order chi connectivity index (χ1) is 14.7. The van der Waals surface area contributed by atoms with Gasteiger partial charge in [0, 0.05) is 13.0 Å². The molecule has 2 aromatic carbocycles. The van der Waals surface area contributed by atoms with Crippen molar-refractivity contribution in [2.75, 3.05) is 19.8 Å². The summed E-state index contributed by atoms with van der Waals surface area (Å²) in [5, 5.41) is 0. The molecule has 0 bridgehead atoms. The molecular formula is C22H28NO7P. The lowest BCUT2D eigenvalue weighted by molar-refractivity contribution is -0.0245. The Morgan fingerprint density at radius 2 is 1.52 bits per heavy atom. The Bertz CT molecular complexity index is 840. The monoisotopic (exact) mass is 449 g/mol. The smallest absolute Gasteiger partial charge is 0.444 e. The van der Waals surface area contributed by atoms with Gasteiger partial charge in [-0.25, -0.2) is 13.9 Å². The minimum absolute atomic E-state index is 0.219. The predicted octanol–water partition coefficient (Wildman–Crippen LogP) is 5.25. The fourth-order valence-corrected chi connectivity index (χ4v) is 4.22. The van der Waals surface area contributed by atoms with Crippen molar-refractivity contribution in [1.29, 1.82) is 0 Å². The van der Waals surface area contributed by atoms with Gasteiger partial charge in [0.1, 0.15) is 17.1 Å². The first-order valence-corrected chi connectivity index (χ1v) is 11.6. The maximum absolute atomic E-state index is 13.7. The second-order valence-electron chi connectivity index (χ2n) is 7.89. The summed E-state index contributed by atoms with van der Waals surface area (Å²) >= 11 is 0. The molecule has 3 rings (SSSR count). The highest BCUT2D eigenvalue weighted by molar-refractivity contribution is 7.49. The van der Waals surface area contributed by atoms with Crippen LogP contribution in [0.5, 0.6) is 11.5 Å². The highest BCUT2D eigenvalue weighted by atomic mass is 31.2. The molecule has 1 aliphatic heterocycles. The van der Waals surface area contributed by atoms with Crippen molar-refractivity contribution in [1.82, 2.24) is 4.90 Å². The molecule has 0 N–H and O–H groups in total. The number of para-hydroxylation sites is 2. The summed E-state index contributed by atoms with van der Waals surface area (Å²) in [6.07, 6.45) is -1.23. The molecule has 31 heavy (non-hydrogen) atoms. The van der Waals surface area contributed by atoms with Crippen LogP contribution in [0.3, 0.4) is 0 Å². The SMILES string of the molecule is CC(C)(C)OC(=O)N1CCOCCC1OP(=O)(Oc1ccccc1)Oc1ccccc1. The number of phosphoric acid groups is 1. The van der Waals surface area contributed by atoms with Gasteiger partial charge in [0.2, 0.25) is 0 Å². The molecule has 1 fully saturated rings. The van der Waals surface area contributed by atoms with Crippen LogP contribution in [0.15, 0.2) is 60.7 Å². The summed E-state index contributed by atoms with van der Waals surface area (Å²) in [5.74, 6) is 0.630. The van der Waals surface area contributed by atoms with Crippen LogP contribution in [-0.4, -0.2) is 42.6 Å². The third-order valence-corrected chi connectivity index (χ3v) is 5.50. The van der Waals surface area contributed by atoms with Crippen LogP contribution in [0.4, 0.5) is 4.79 Å². The zero-order chi connectivity index (χ0) is 22.3. The summed E-state index contributed by atoms with van der Waals surface area (Å²) in [6, 6.07) is 17.2. The van der Waals surface area contributed by atoms with Crippen LogP contribution < -0.4 is 9.05 Å². The van der Waals surface area contributed by atoms with Gasteiger partial charge in [-0.15, -0.1) is 0 Å². The molecule has 0 spiro atoms. The van der Waals surface area contributed by atoms with Crippen molar-refractivity contribution in [3.63, 3.8) is 0 Å². The first-order valence-electron chi connectivity index (χ1n) is 10.1. The van der Waals surface area contributed by atoms with Gasteiger partial charge in [-0.2, -0.15) is 0 Å². The van der Waals surface area contributed by atoms with Crippen molar-refractivity contribution in [3.8, 4) is 11.5 Å². The van der Waals surface area contributed by atoms with Crippen molar-refractivity contribution in [2.24, 2.45) is 0 Å². The summed E-state index contributed by atoms with van der Waals surface area (Å²) < 4.78 is 41.9. The van der Waals surface area contributed by atoms with Gasteiger partial charge in [-0.1, -0.05) is 36.4 Å². The molecule has 9 heteroatoms. The third-order valence-electron chi connectivity index (χ3n) is 4.13. The van der Waals surface area contributed by atoms with Gasteiger partial charge in [-0.3, -0.25) is 4.90 Å². The second-order valence-corrected chi connectivity index (χ2v) is 9.36. The molecule has 1 saturated heterocycles. The van der Waals surface area contributed by atoms with Gasteiger partial charge in [0.05, 0.1) is 13.2 Å². The van der Waals surface area contributed by atoms with E-state index >= 15 is 0 Å². The Hall–Kier alpha value is -2.54. The molecule has 168 valence electrons. The molecule has 1 amide bonds. The lowest BCUT2D eigenvalue weighted by Crippen LogP contribution is -2.45. The second kappa shape index (κ2) is 10.2. The Balaban J connectivity index is 1.86. The number of carbonyl (C=O) groups excluding carboxylic acids is 1. The van der Waals surface area contributed by atoms with E-state index in [1.807, 2.05) is 12.1 Å². The molecule has 0 saturated carbocycles. The molecule has 8 nitrogen and oxygen atoms in total. The maximum Gasteiger partial charge on any atom is 0.589 e. The lowest BCUT2D eigenvalue weighted by Gasteiger charge is -2.32. The average molecular weight is 449 g/mol. The van der Waals surface area contributed by atoms with E-state index in [-0.39, 0.29) is 13.0 Å². The number of phosphoric ester groups is 1. The van der Waals surface area contributed by atoms with Gasteiger partial charge >= 0.3 is 13.9 Å². The van der Waals surface area contributed by atoms with Crippen molar-refractivity contribution < 1.29 is 32.4 Å².